The van der Waals surface area contributed by atoms with Crippen molar-refractivity contribution in [3.63, 3.8) is 0 Å². The van der Waals surface area contributed by atoms with Crippen LogP contribution in [0.25, 0.3) is 22.4 Å². The van der Waals surface area contributed by atoms with Gasteiger partial charge in [-0.1, -0.05) is 18.2 Å². The van der Waals surface area contributed by atoms with Gasteiger partial charge in [0.25, 0.3) is 0 Å². The highest BCUT2D eigenvalue weighted by Crippen LogP contribution is 2.32. The fourth-order valence-corrected chi connectivity index (χ4v) is 2.16. The van der Waals surface area contributed by atoms with Crippen LogP contribution in [-0.2, 0) is 12.7 Å². The van der Waals surface area contributed by atoms with Crippen molar-refractivity contribution in [2.24, 2.45) is 5.73 Å². The summed E-state index contributed by atoms with van der Waals surface area (Å²) in [6.07, 6.45) is -4.37. The van der Waals surface area contributed by atoms with Crippen LogP contribution in [0.2, 0.25) is 0 Å². The third-order valence-electron chi connectivity index (χ3n) is 3.25. The molecule has 0 unspecified atom stereocenters. The number of nitrogens with one attached hydrogen (secondary N) is 1. The molecule has 0 saturated carbocycles. The molecule has 3 aromatic rings. The van der Waals surface area contributed by atoms with Gasteiger partial charge in [0.1, 0.15) is 5.82 Å². The third kappa shape index (κ3) is 2.62. The number of nitrogens with two attached hydrogens (primary N) is 1. The summed E-state index contributed by atoms with van der Waals surface area (Å²) in [5, 5.41) is 0. The molecule has 0 saturated heterocycles. The van der Waals surface area contributed by atoms with Crippen LogP contribution in [0.1, 0.15) is 11.1 Å². The summed E-state index contributed by atoms with van der Waals surface area (Å²) in [5.74, 6) is 0.408. The monoisotopic (exact) mass is 291 g/mol. The van der Waals surface area contributed by atoms with Crippen LogP contribution in [0, 0.1) is 0 Å². The molecule has 3 N–H and O–H groups in total. The summed E-state index contributed by atoms with van der Waals surface area (Å²) in [7, 11) is 0. The van der Waals surface area contributed by atoms with Crippen LogP contribution < -0.4 is 5.73 Å². The first-order chi connectivity index (χ1) is 9.97. The Balaban J connectivity index is 2.08. The Morgan fingerprint density at radius 3 is 2.62 bits per heavy atom. The van der Waals surface area contributed by atoms with Crippen molar-refractivity contribution in [3.8, 4) is 11.4 Å². The second-order valence-electron chi connectivity index (χ2n) is 4.72. The zero-order valence-electron chi connectivity index (χ0n) is 10.9. The van der Waals surface area contributed by atoms with Crippen molar-refractivity contribution in [1.29, 1.82) is 0 Å². The Kier molecular flexibility index (Phi) is 3.17. The largest absolute Gasteiger partial charge is 0.416 e. The number of imidazole rings is 1. The molecule has 21 heavy (non-hydrogen) atoms. The van der Waals surface area contributed by atoms with Crippen LogP contribution in [0.15, 0.2) is 42.5 Å². The topological polar surface area (TPSA) is 54.7 Å². The first-order valence-corrected chi connectivity index (χ1v) is 6.34. The van der Waals surface area contributed by atoms with E-state index in [1.54, 1.807) is 12.1 Å². The lowest BCUT2D eigenvalue weighted by Gasteiger charge is -2.07. The Morgan fingerprint density at radius 1 is 1.10 bits per heavy atom. The third-order valence-corrected chi connectivity index (χ3v) is 3.25. The molecule has 3 rings (SSSR count). The van der Waals surface area contributed by atoms with Gasteiger partial charge < -0.3 is 10.7 Å². The highest BCUT2D eigenvalue weighted by atomic mass is 19.4. The first-order valence-electron chi connectivity index (χ1n) is 6.34. The average molecular weight is 291 g/mol. The second-order valence-corrected chi connectivity index (χ2v) is 4.72. The molecular formula is C15H12F3N3. The fraction of sp³-hybridized carbons (Fsp3) is 0.133. The van der Waals surface area contributed by atoms with E-state index >= 15 is 0 Å². The maximum atomic E-state index is 12.7. The molecule has 0 aliphatic heterocycles. The summed E-state index contributed by atoms with van der Waals surface area (Å²) >= 11 is 0. The molecule has 0 radical (unpaired) electrons. The molecule has 0 aliphatic rings. The van der Waals surface area contributed by atoms with Crippen molar-refractivity contribution in [2.45, 2.75) is 12.7 Å². The van der Waals surface area contributed by atoms with Crippen molar-refractivity contribution in [3.05, 3.63) is 53.6 Å². The zero-order chi connectivity index (χ0) is 15.0. The molecule has 0 spiro atoms. The molecular weight excluding hydrogens is 279 g/mol. The van der Waals surface area contributed by atoms with Gasteiger partial charge in [0.15, 0.2) is 0 Å². The van der Waals surface area contributed by atoms with Gasteiger partial charge in [-0.25, -0.2) is 4.98 Å². The van der Waals surface area contributed by atoms with Crippen LogP contribution in [0.3, 0.4) is 0 Å². The maximum absolute atomic E-state index is 12.7. The average Bonchev–Trinajstić information content (AvgIpc) is 2.89. The van der Waals surface area contributed by atoms with Gasteiger partial charge in [0.05, 0.1) is 16.6 Å². The summed E-state index contributed by atoms with van der Waals surface area (Å²) in [4.78, 5) is 7.35. The van der Waals surface area contributed by atoms with Gasteiger partial charge in [-0.2, -0.15) is 13.2 Å². The van der Waals surface area contributed by atoms with Crippen LogP contribution in [0.5, 0.6) is 0 Å². The predicted octanol–water partition coefficient (Wildman–Crippen LogP) is 3.71. The molecule has 2 aromatic carbocycles. The Labute approximate surface area is 118 Å². The van der Waals surface area contributed by atoms with E-state index in [0.29, 0.717) is 23.4 Å². The molecule has 0 fully saturated rings. The predicted molar refractivity (Wildman–Crippen MR) is 74.4 cm³/mol. The molecule has 0 bridgehead atoms. The SMILES string of the molecule is NCc1ccc2nc(-c3cccc(C(F)(F)F)c3)[nH]c2c1. The van der Waals surface area contributed by atoms with Gasteiger partial charge >= 0.3 is 6.18 Å². The highest BCUT2D eigenvalue weighted by molar-refractivity contribution is 5.80. The second kappa shape index (κ2) is 4.89. The molecule has 1 aromatic heterocycles. The van der Waals surface area contributed by atoms with E-state index in [4.69, 9.17) is 5.73 Å². The normalized spacial score (nSPS) is 12.0. The first kappa shape index (κ1) is 13.6. The Morgan fingerprint density at radius 2 is 1.90 bits per heavy atom. The zero-order valence-corrected chi connectivity index (χ0v) is 10.9. The molecule has 1 heterocycles. The number of aromatic amines is 1. The molecule has 0 amide bonds. The minimum Gasteiger partial charge on any atom is -0.338 e. The van der Waals surface area contributed by atoms with Gasteiger partial charge in [0.2, 0.25) is 0 Å². The molecule has 108 valence electrons. The maximum Gasteiger partial charge on any atom is 0.416 e. The summed E-state index contributed by atoms with van der Waals surface area (Å²) in [6.45, 7) is 0.397. The van der Waals surface area contributed by atoms with Gasteiger partial charge in [0, 0.05) is 12.1 Å². The van der Waals surface area contributed by atoms with E-state index in [0.717, 1.165) is 23.2 Å². The lowest BCUT2D eigenvalue weighted by atomic mass is 10.1. The quantitative estimate of drug-likeness (QED) is 0.756. The van der Waals surface area contributed by atoms with E-state index in [1.807, 2.05) is 12.1 Å². The summed E-state index contributed by atoms with van der Waals surface area (Å²) in [6, 6.07) is 10.6. The van der Waals surface area contributed by atoms with Gasteiger partial charge in [-0.15, -0.1) is 0 Å². The smallest absolute Gasteiger partial charge is 0.338 e. The number of alkyl halides is 3. The van der Waals surface area contributed by atoms with Crippen molar-refractivity contribution < 1.29 is 13.2 Å². The number of hydrogen-bond donors (Lipinski definition) is 2. The summed E-state index contributed by atoms with van der Waals surface area (Å²) in [5.41, 5.74) is 7.66. The van der Waals surface area contributed by atoms with Crippen molar-refractivity contribution >= 4 is 11.0 Å². The number of benzene rings is 2. The van der Waals surface area contributed by atoms with Crippen molar-refractivity contribution in [2.75, 3.05) is 0 Å². The lowest BCUT2D eigenvalue weighted by Crippen LogP contribution is -2.04. The standard InChI is InChI=1S/C15H12F3N3/c16-15(17,18)11-3-1-2-10(7-11)14-20-12-5-4-9(8-19)6-13(12)21-14/h1-7H,8,19H2,(H,20,21). The molecule has 6 heteroatoms. The van der Waals surface area contributed by atoms with Crippen LogP contribution >= 0.6 is 0 Å². The fourth-order valence-electron chi connectivity index (χ4n) is 2.16. The highest BCUT2D eigenvalue weighted by Gasteiger charge is 2.30. The van der Waals surface area contributed by atoms with E-state index in [9.17, 15) is 13.2 Å². The number of halogens is 3. The molecule has 3 nitrogen and oxygen atoms in total. The number of fused-ring (bicyclic) bond motifs is 1. The number of aromatic nitrogens is 2. The van der Waals surface area contributed by atoms with Gasteiger partial charge in [-0.3, -0.25) is 0 Å². The van der Waals surface area contributed by atoms with E-state index < -0.39 is 11.7 Å². The molecule has 0 atom stereocenters. The number of nitrogens with zero attached hydrogens (tertiary/aromatic N) is 1. The minimum absolute atomic E-state index is 0.397. The number of hydrogen-bond acceptors (Lipinski definition) is 2. The van der Waals surface area contributed by atoms with Crippen LogP contribution in [-0.4, -0.2) is 9.97 Å². The van der Waals surface area contributed by atoms with Crippen LogP contribution in [0.4, 0.5) is 13.2 Å². The number of rotatable bonds is 2. The lowest BCUT2D eigenvalue weighted by molar-refractivity contribution is -0.137. The summed E-state index contributed by atoms with van der Waals surface area (Å²) < 4.78 is 38.2. The van der Waals surface area contributed by atoms with E-state index in [-0.39, 0.29) is 0 Å². The minimum atomic E-state index is -4.37. The van der Waals surface area contributed by atoms with E-state index in [1.165, 1.54) is 6.07 Å². The van der Waals surface area contributed by atoms with Crippen molar-refractivity contribution in [1.82, 2.24) is 9.97 Å². The van der Waals surface area contributed by atoms with Gasteiger partial charge in [-0.05, 0) is 29.8 Å². The van der Waals surface area contributed by atoms with E-state index in [2.05, 4.69) is 9.97 Å². The Bertz CT molecular complexity index is 790. The number of H-pyrrole nitrogens is 1. The Hall–Kier alpha value is -2.34. The molecule has 0 aliphatic carbocycles.